The van der Waals surface area contributed by atoms with E-state index < -0.39 is 0 Å². The van der Waals surface area contributed by atoms with Crippen LogP contribution < -0.4 is 4.74 Å². The largest absolute Gasteiger partial charge is 0.487 e. The second-order valence-corrected chi connectivity index (χ2v) is 4.55. The molecule has 4 heteroatoms. The number of hydrogen-bond donors (Lipinski definition) is 0. The van der Waals surface area contributed by atoms with Gasteiger partial charge in [0, 0.05) is 10.7 Å². The highest BCUT2D eigenvalue weighted by Crippen LogP contribution is 2.27. The van der Waals surface area contributed by atoms with E-state index in [2.05, 4.69) is 20.9 Å². The van der Waals surface area contributed by atoms with Crippen LogP contribution in [0.3, 0.4) is 0 Å². The van der Waals surface area contributed by atoms with E-state index in [1.165, 1.54) is 12.8 Å². The van der Waals surface area contributed by atoms with Gasteiger partial charge in [0.15, 0.2) is 11.4 Å². The van der Waals surface area contributed by atoms with Crippen molar-refractivity contribution in [3.63, 3.8) is 0 Å². The van der Waals surface area contributed by atoms with Gasteiger partial charge in [-0.2, -0.15) is 5.26 Å². The molecule has 0 aromatic carbocycles. The van der Waals surface area contributed by atoms with Crippen molar-refractivity contribution in [2.24, 2.45) is 0 Å². The van der Waals surface area contributed by atoms with E-state index in [-0.39, 0.29) is 6.10 Å². The third kappa shape index (κ3) is 2.48. The van der Waals surface area contributed by atoms with Crippen molar-refractivity contribution >= 4 is 15.9 Å². The predicted octanol–water partition coefficient (Wildman–Crippen LogP) is 3.04. The first-order valence-corrected chi connectivity index (χ1v) is 5.81. The number of ether oxygens (including phenoxy) is 1. The van der Waals surface area contributed by atoms with Gasteiger partial charge in [-0.3, -0.25) is 0 Å². The molecular formula is C11H11BrN2O. The van der Waals surface area contributed by atoms with Gasteiger partial charge in [-0.1, -0.05) is 0 Å². The maximum absolute atomic E-state index is 8.88. The first kappa shape index (κ1) is 10.4. The van der Waals surface area contributed by atoms with E-state index in [1.54, 1.807) is 6.20 Å². The summed E-state index contributed by atoms with van der Waals surface area (Å²) in [6.45, 7) is 0. The van der Waals surface area contributed by atoms with Gasteiger partial charge in [-0.15, -0.1) is 0 Å². The lowest BCUT2D eigenvalue weighted by atomic mass is 10.3. The highest BCUT2D eigenvalue weighted by atomic mass is 79.9. The zero-order valence-electron chi connectivity index (χ0n) is 8.24. The molecule has 0 N–H and O–H groups in total. The highest BCUT2D eigenvalue weighted by molar-refractivity contribution is 9.10. The number of nitrogens with zero attached hydrogens (tertiary/aromatic N) is 2. The summed E-state index contributed by atoms with van der Waals surface area (Å²) < 4.78 is 6.61. The van der Waals surface area contributed by atoms with Crippen molar-refractivity contribution < 1.29 is 4.74 Å². The third-order valence-corrected chi connectivity index (χ3v) is 2.95. The summed E-state index contributed by atoms with van der Waals surface area (Å²) in [5.74, 6) is 0.596. The number of pyridine rings is 1. The summed E-state index contributed by atoms with van der Waals surface area (Å²) in [6.07, 6.45) is 6.46. The first-order valence-electron chi connectivity index (χ1n) is 5.02. The first-order chi connectivity index (χ1) is 7.29. The quantitative estimate of drug-likeness (QED) is 0.827. The average molecular weight is 267 g/mol. The zero-order valence-corrected chi connectivity index (χ0v) is 9.83. The highest BCUT2D eigenvalue weighted by Gasteiger charge is 2.18. The van der Waals surface area contributed by atoms with Crippen molar-refractivity contribution in [2.45, 2.75) is 31.8 Å². The van der Waals surface area contributed by atoms with Crippen LogP contribution in [-0.4, -0.2) is 11.1 Å². The fraction of sp³-hybridized carbons (Fsp3) is 0.455. The number of aromatic nitrogens is 1. The van der Waals surface area contributed by atoms with Gasteiger partial charge in [0.1, 0.15) is 6.07 Å². The minimum atomic E-state index is 0.258. The van der Waals surface area contributed by atoms with Gasteiger partial charge in [0.2, 0.25) is 0 Å². The second kappa shape index (κ2) is 4.63. The zero-order chi connectivity index (χ0) is 10.7. The molecule has 0 amide bonds. The van der Waals surface area contributed by atoms with Crippen LogP contribution in [0.4, 0.5) is 0 Å². The Morgan fingerprint density at radius 2 is 2.20 bits per heavy atom. The fourth-order valence-electron chi connectivity index (χ4n) is 1.78. The molecule has 2 rings (SSSR count). The number of nitriles is 1. The van der Waals surface area contributed by atoms with Crippen LogP contribution >= 0.6 is 15.9 Å². The summed E-state index contributed by atoms with van der Waals surface area (Å²) in [5, 5.41) is 8.88. The maximum Gasteiger partial charge on any atom is 0.182 e. The summed E-state index contributed by atoms with van der Waals surface area (Å²) >= 11 is 3.32. The monoisotopic (exact) mass is 266 g/mol. The molecule has 1 aliphatic carbocycles. The Morgan fingerprint density at radius 1 is 1.47 bits per heavy atom. The minimum Gasteiger partial charge on any atom is -0.487 e. The molecule has 1 aliphatic rings. The number of halogens is 1. The molecule has 3 nitrogen and oxygen atoms in total. The second-order valence-electron chi connectivity index (χ2n) is 3.64. The van der Waals surface area contributed by atoms with Crippen LogP contribution in [0.25, 0.3) is 0 Å². The molecule has 0 unspecified atom stereocenters. The predicted molar refractivity (Wildman–Crippen MR) is 59.5 cm³/mol. The molecule has 1 saturated carbocycles. The van der Waals surface area contributed by atoms with Crippen molar-refractivity contribution in [1.82, 2.24) is 4.98 Å². The van der Waals surface area contributed by atoms with E-state index in [0.717, 1.165) is 17.3 Å². The molecule has 1 aromatic rings. The smallest absolute Gasteiger partial charge is 0.182 e. The number of hydrogen-bond acceptors (Lipinski definition) is 3. The van der Waals surface area contributed by atoms with Crippen LogP contribution in [0.5, 0.6) is 5.75 Å². The molecule has 1 heterocycles. The van der Waals surface area contributed by atoms with E-state index in [4.69, 9.17) is 10.00 Å². The fourth-order valence-corrected chi connectivity index (χ4v) is 2.09. The lowest BCUT2D eigenvalue weighted by molar-refractivity contribution is 0.208. The molecule has 0 aliphatic heterocycles. The van der Waals surface area contributed by atoms with Crippen molar-refractivity contribution in [1.29, 1.82) is 5.26 Å². The van der Waals surface area contributed by atoms with Crippen molar-refractivity contribution in [3.05, 3.63) is 22.4 Å². The molecule has 0 atom stereocenters. The summed E-state index contributed by atoms with van der Waals surface area (Å²) in [6, 6.07) is 3.85. The number of rotatable bonds is 2. The van der Waals surface area contributed by atoms with E-state index in [0.29, 0.717) is 11.4 Å². The molecule has 0 bridgehead atoms. The van der Waals surface area contributed by atoms with Crippen molar-refractivity contribution in [3.8, 4) is 11.8 Å². The van der Waals surface area contributed by atoms with E-state index in [9.17, 15) is 0 Å². The topological polar surface area (TPSA) is 45.9 Å². The summed E-state index contributed by atoms with van der Waals surface area (Å²) in [5.41, 5.74) is 0.366. The van der Waals surface area contributed by atoms with Gasteiger partial charge in [-0.25, -0.2) is 4.98 Å². The molecule has 0 radical (unpaired) electrons. The summed E-state index contributed by atoms with van der Waals surface area (Å²) in [7, 11) is 0. The Balaban J connectivity index is 2.18. The lowest BCUT2D eigenvalue weighted by Gasteiger charge is -2.13. The van der Waals surface area contributed by atoms with Gasteiger partial charge in [0.05, 0.1) is 6.10 Å². The van der Waals surface area contributed by atoms with Crippen molar-refractivity contribution in [2.75, 3.05) is 0 Å². The van der Waals surface area contributed by atoms with Crippen LogP contribution in [0, 0.1) is 11.3 Å². The Bertz CT molecular complexity index is 394. The average Bonchev–Trinajstić information content (AvgIpc) is 2.71. The van der Waals surface area contributed by atoms with Crippen LogP contribution in [-0.2, 0) is 0 Å². The Hall–Kier alpha value is -1.08. The molecule has 1 aromatic heterocycles. The van der Waals surface area contributed by atoms with Crippen LogP contribution in [0.1, 0.15) is 31.4 Å². The SMILES string of the molecule is N#Cc1ncc(Br)cc1OC1CCCC1. The normalized spacial score (nSPS) is 16.3. The molecular weight excluding hydrogens is 256 g/mol. The molecule has 1 fully saturated rings. The van der Waals surface area contributed by atoms with Gasteiger partial charge >= 0.3 is 0 Å². The third-order valence-electron chi connectivity index (χ3n) is 2.52. The molecule has 0 spiro atoms. The molecule has 15 heavy (non-hydrogen) atoms. The Kier molecular flexibility index (Phi) is 3.22. The van der Waals surface area contributed by atoms with E-state index in [1.807, 2.05) is 12.1 Å². The van der Waals surface area contributed by atoms with Gasteiger partial charge in [0.25, 0.3) is 0 Å². The minimum absolute atomic E-state index is 0.258. The molecule has 0 saturated heterocycles. The van der Waals surface area contributed by atoms with Gasteiger partial charge < -0.3 is 4.74 Å². The van der Waals surface area contributed by atoms with Gasteiger partial charge in [-0.05, 0) is 47.7 Å². The van der Waals surface area contributed by atoms with E-state index >= 15 is 0 Å². The van der Waals surface area contributed by atoms with Crippen LogP contribution in [0.2, 0.25) is 0 Å². The summed E-state index contributed by atoms with van der Waals surface area (Å²) in [4.78, 5) is 4.01. The molecule has 78 valence electrons. The lowest BCUT2D eigenvalue weighted by Crippen LogP contribution is -2.12. The Labute approximate surface area is 97.2 Å². The maximum atomic E-state index is 8.88. The Morgan fingerprint density at radius 3 is 2.87 bits per heavy atom. The standard InChI is InChI=1S/C11H11BrN2O/c12-8-5-11(10(6-13)14-7-8)15-9-3-1-2-4-9/h5,7,9H,1-4H2. The van der Waals surface area contributed by atoms with Crippen LogP contribution in [0.15, 0.2) is 16.7 Å².